The summed E-state index contributed by atoms with van der Waals surface area (Å²) in [6.45, 7) is 0. The highest BCUT2D eigenvalue weighted by Crippen LogP contribution is 2.41. The van der Waals surface area contributed by atoms with Gasteiger partial charge in [0.25, 0.3) is 0 Å². The first-order valence-corrected chi connectivity index (χ1v) is 7.71. The molecule has 0 atom stereocenters. The third-order valence-corrected chi connectivity index (χ3v) is 4.53. The Morgan fingerprint density at radius 1 is 1.29 bits per heavy atom. The topological polar surface area (TPSA) is 62.3 Å². The Morgan fingerprint density at radius 2 is 2.05 bits per heavy atom. The van der Waals surface area contributed by atoms with Gasteiger partial charge in [0.15, 0.2) is 11.5 Å². The summed E-state index contributed by atoms with van der Waals surface area (Å²) in [6.07, 6.45) is 5.48. The van der Waals surface area contributed by atoms with Crippen molar-refractivity contribution in [2.45, 2.75) is 25.4 Å². The largest absolute Gasteiger partial charge is 0.493 e. The molecular weight excluding hydrogens is 334 g/mol. The number of aryl methyl sites for hydroxylation is 1. The molecule has 1 aromatic carbocycles. The van der Waals surface area contributed by atoms with Gasteiger partial charge in [0.1, 0.15) is 5.82 Å². The van der Waals surface area contributed by atoms with Gasteiger partial charge >= 0.3 is 0 Å². The van der Waals surface area contributed by atoms with Crippen molar-refractivity contribution in [1.82, 2.24) is 9.78 Å². The molecule has 1 aromatic heterocycles. The molecule has 1 fully saturated rings. The molecule has 0 saturated heterocycles. The number of aromatic nitrogens is 2. The Bertz CT molecular complexity index is 665. The van der Waals surface area contributed by atoms with Crippen molar-refractivity contribution < 1.29 is 9.47 Å². The number of nitrogens with two attached hydrogens (primary N) is 1. The summed E-state index contributed by atoms with van der Waals surface area (Å²) >= 11 is 3.57. The number of methoxy groups -OCH3 is 1. The average molecular weight is 352 g/mol. The van der Waals surface area contributed by atoms with Crippen molar-refractivity contribution in [3.05, 3.63) is 22.8 Å². The van der Waals surface area contributed by atoms with Crippen LogP contribution >= 0.6 is 15.9 Å². The normalized spacial score (nSPS) is 14.8. The minimum Gasteiger partial charge on any atom is -0.493 e. The van der Waals surface area contributed by atoms with Crippen LogP contribution in [0.25, 0.3) is 11.1 Å². The first-order valence-electron chi connectivity index (χ1n) is 6.92. The second kappa shape index (κ2) is 5.60. The van der Waals surface area contributed by atoms with Crippen LogP contribution in [0.3, 0.4) is 0 Å². The Morgan fingerprint density at radius 3 is 2.57 bits per heavy atom. The molecule has 0 spiro atoms. The standard InChI is InChI=1S/C15H18BrN3O2/c1-19-15(17)11(8-18-19)10-6-14(21-9-4-3-5-9)13(20-2)7-12(10)16/h6-9H,3-5,17H2,1-2H3. The van der Waals surface area contributed by atoms with Gasteiger partial charge in [-0.05, 0) is 31.4 Å². The van der Waals surface area contributed by atoms with Gasteiger partial charge in [0, 0.05) is 22.6 Å². The lowest BCUT2D eigenvalue weighted by Crippen LogP contribution is -2.24. The fourth-order valence-corrected chi connectivity index (χ4v) is 2.85. The molecule has 0 radical (unpaired) electrons. The SMILES string of the molecule is COc1cc(Br)c(-c2cnn(C)c2N)cc1OC1CCC1. The maximum absolute atomic E-state index is 6.07. The predicted molar refractivity (Wildman–Crippen MR) is 85.6 cm³/mol. The Balaban J connectivity index is 2.03. The lowest BCUT2D eigenvalue weighted by Gasteiger charge is -2.27. The number of anilines is 1. The van der Waals surface area contributed by atoms with Crippen molar-refractivity contribution in [2.75, 3.05) is 12.8 Å². The van der Waals surface area contributed by atoms with Gasteiger partial charge in [-0.1, -0.05) is 15.9 Å². The molecule has 112 valence electrons. The Hall–Kier alpha value is -1.69. The summed E-state index contributed by atoms with van der Waals surface area (Å²) in [5.41, 5.74) is 7.90. The summed E-state index contributed by atoms with van der Waals surface area (Å²) in [4.78, 5) is 0. The van der Waals surface area contributed by atoms with Crippen LogP contribution in [0.1, 0.15) is 19.3 Å². The Kier molecular flexibility index (Phi) is 3.80. The van der Waals surface area contributed by atoms with Gasteiger partial charge in [0.2, 0.25) is 0 Å². The van der Waals surface area contributed by atoms with Crippen molar-refractivity contribution in [3.63, 3.8) is 0 Å². The quantitative estimate of drug-likeness (QED) is 0.917. The Labute approximate surface area is 132 Å². The molecule has 1 aliphatic carbocycles. The molecule has 2 N–H and O–H groups in total. The zero-order valence-corrected chi connectivity index (χ0v) is 13.7. The van der Waals surface area contributed by atoms with Crippen LogP contribution in [0.15, 0.2) is 22.8 Å². The van der Waals surface area contributed by atoms with E-state index in [-0.39, 0.29) is 0 Å². The summed E-state index contributed by atoms with van der Waals surface area (Å²) in [7, 11) is 3.47. The number of benzene rings is 1. The van der Waals surface area contributed by atoms with E-state index in [0.29, 0.717) is 11.9 Å². The van der Waals surface area contributed by atoms with Crippen LogP contribution in [0.4, 0.5) is 5.82 Å². The second-order valence-corrected chi connectivity index (χ2v) is 6.08. The lowest BCUT2D eigenvalue weighted by atomic mass is 9.96. The van der Waals surface area contributed by atoms with E-state index < -0.39 is 0 Å². The van der Waals surface area contributed by atoms with Crippen molar-refractivity contribution in [3.8, 4) is 22.6 Å². The van der Waals surface area contributed by atoms with Gasteiger partial charge in [0.05, 0.1) is 19.4 Å². The molecule has 1 saturated carbocycles. The van der Waals surface area contributed by atoms with Crippen LogP contribution in [0.2, 0.25) is 0 Å². The summed E-state index contributed by atoms with van der Waals surface area (Å²) in [5.74, 6) is 2.10. The predicted octanol–water partition coefficient (Wildman–Crippen LogP) is 3.37. The maximum Gasteiger partial charge on any atom is 0.162 e. The van der Waals surface area contributed by atoms with Crippen LogP contribution in [0, 0.1) is 0 Å². The summed E-state index contributed by atoms with van der Waals surface area (Å²) in [6, 6.07) is 3.88. The minimum absolute atomic E-state index is 0.291. The van der Waals surface area contributed by atoms with Gasteiger partial charge in [-0.3, -0.25) is 4.68 Å². The molecule has 1 aliphatic rings. The van der Waals surface area contributed by atoms with E-state index in [0.717, 1.165) is 39.9 Å². The third-order valence-electron chi connectivity index (χ3n) is 3.87. The number of hydrogen-bond acceptors (Lipinski definition) is 4. The number of nitrogens with zero attached hydrogens (tertiary/aromatic N) is 2. The fraction of sp³-hybridized carbons (Fsp3) is 0.400. The molecule has 6 heteroatoms. The van der Waals surface area contributed by atoms with Crippen molar-refractivity contribution in [1.29, 1.82) is 0 Å². The van der Waals surface area contributed by atoms with Crippen LogP contribution < -0.4 is 15.2 Å². The first kappa shape index (κ1) is 14.3. The van der Waals surface area contributed by atoms with Gasteiger partial charge in [-0.15, -0.1) is 0 Å². The van der Waals surface area contributed by atoms with E-state index in [4.69, 9.17) is 15.2 Å². The van der Waals surface area contributed by atoms with E-state index in [1.54, 1.807) is 18.0 Å². The maximum atomic E-state index is 6.07. The van der Waals surface area contributed by atoms with Crippen LogP contribution in [-0.2, 0) is 7.05 Å². The number of hydrogen-bond donors (Lipinski definition) is 1. The van der Waals surface area contributed by atoms with Gasteiger partial charge in [-0.25, -0.2) is 0 Å². The molecule has 5 nitrogen and oxygen atoms in total. The molecule has 0 bridgehead atoms. The lowest BCUT2D eigenvalue weighted by molar-refractivity contribution is 0.116. The monoisotopic (exact) mass is 351 g/mol. The van der Waals surface area contributed by atoms with E-state index in [9.17, 15) is 0 Å². The molecule has 21 heavy (non-hydrogen) atoms. The third kappa shape index (κ3) is 2.60. The van der Waals surface area contributed by atoms with E-state index in [2.05, 4.69) is 21.0 Å². The first-order chi connectivity index (χ1) is 10.1. The zero-order chi connectivity index (χ0) is 15.0. The highest BCUT2D eigenvalue weighted by molar-refractivity contribution is 9.10. The molecule has 3 rings (SSSR count). The van der Waals surface area contributed by atoms with Crippen LogP contribution in [0.5, 0.6) is 11.5 Å². The molecule has 1 heterocycles. The fourth-order valence-electron chi connectivity index (χ4n) is 2.32. The second-order valence-electron chi connectivity index (χ2n) is 5.22. The van der Waals surface area contributed by atoms with Gasteiger partial charge in [-0.2, -0.15) is 5.10 Å². The number of nitrogen functional groups attached to an aromatic ring is 1. The van der Waals surface area contributed by atoms with E-state index in [1.807, 2.05) is 19.2 Å². The molecule has 0 aliphatic heterocycles. The number of ether oxygens (including phenoxy) is 2. The highest BCUT2D eigenvalue weighted by atomic mass is 79.9. The van der Waals surface area contributed by atoms with Crippen molar-refractivity contribution in [2.24, 2.45) is 7.05 Å². The molecule has 0 amide bonds. The molecule has 0 unspecified atom stereocenters. The number of halogens is 1. The minimum atomic E-state index is 0.291. The van der Waals surface area contributed by atoms with E-state index in [1.165, 1.54) is 6.42 Å². The van der Waals surface area contributed by atoms with Crippen molar-refractivity contribution >= 4 is 21.7 Å². The molecule has 2 aromatic rings. The highest BCUT2D eigenvalue weighted by Gasteiger charge is 2.22. The number of rotatable bonds is 4. The molecular formula is C15H18BrN3O2. The summed E-state index contributed by atoms with van der Waals surface area (Å²) < 4.78 is 14.0. The van der Waals surface area contributed by atoms with E-state index >= 15 is 0 Å². The smallest absolute Gasteiger partial charge is 0.162 e. The van der Waals surface area contributed by atoms with Gasteiger partial charge < -0.3 is 15.2 Å². The summed E-state index contributed by atoms with van der Waals surface area (Å²) in [5, 5.41) is 4.19. The average Bonchev–Trinajstić information content (AvgIpc) is 2.75. The zero-order valence-electron chi connectivity index (χ0n) is 12.1. The van der Waals surface area contributed by atoms with Crippen LogP contribution in [-0.4, -0.2) is 23.0 Å².